The van der Waals surface area contributed by atoms with Crippen molar-refractivity contribution in [3.63, 3.8) is 0 Å². The van der Waals surface area contributed by atoms with Crippen LogP contribution in [-0.4, -0.2) is 37.5 Å². The Kier molecular flexibility index (Phi) is 3.82. The predicted octanol–water partition coefficient (Wildman–Crippen LogP) is 2.69. The number of nitrogens with zero attached hydrogens (tertiary/aromatic N) is 1. The fourth-order valence-electron chi connectivity index (χ4n) is 3.56. The highest BCUT2D eigenvalue weighted by Crippen LogP contribution is 2.44. The van der Waals surface area contributed by atoms with E-state index >= 15 is 0 Å². The minimum atomic E-state index is -0.625. The molecule has 0 amide bonds. The van der Waals surface area contributed by atoms with Crippen LogP contribution in [0.2, 0.25) is 0 Å². The van der Waals surface area contributed by atoms with Crippen LogP contribution in [0.3, 0.4) is 0 Å². The maximum absolute atomic E-state index is 11.0. The minimum absolute atomic E-state index is 0.114. The van der Waals surface area contributed by atoms with Crippen molar-refractivity contribution in [2.45, 2.75) is 18.6 Å². The Balaban J connectivity index is 1.71. The zero-order chi connectivity index (χ0) is 16.7. The van der Waals surface area contributed by atoms with E-state index in [9.17, 15) is 5.11 Å². The molecule has 0 fully saturated rings. The molecule has 0 radical (unpaired) electrons. The molecular weight excluding hydrogens is 306 g/mol. The smallest absolute Gasteiger partial charge is 0.231 e. The molecule has 2 aromatic rings. The summed E-state index contributed by atoms with van der Waals surface area (Å²) in [6.07, 6.45) is 0.314. The summed E-state index contributed by atoms with van der Waals surface area (Å²) in [5.41, 5.74) is 3.20. The largest absolute Gasteiger partial charge is 0.497 e. The standard InChI is InChI=1S/C19H21NO4/c1-20-8-7-13-9-16-17(24-11-23-16)10-15(13)18(20)19(21)12-3-5-14(22-2)6-4-12/h3-6,9-10,18-19,21H,7-8,11H2,1-2H3. The lowest BCUT2D eigenvalue weighted by Crippen LogP contribution is -2.35. The maximum atomic E-state index is 11.0. The first kappa shape index (κ1) is 15.3. The van der Waals surface area contributed by atoms with Crippen molar-refractivity contribution in [1.82, 2.24) is 4.90 Å². The van der Waals surface area contributed by atoms with Gasteiger partial charge in [0.15, 0.2) is 11.5 Å². The summed E-state index contributed by atoms with van der Waals surface area (Å²) < 4.78 is 16.2. The van der Waals surface area contributed by atoms with Crippen LogP contribution in [0, 0.1) is 0 Å². The molecule has 0 aromatic heterocycles. The summed E-state index contributed by atoms with van der Waals surface area (Å²) >= 11 is 0. The van der Waals surface area contributed by atoms with Gasteiger partial charge in [-0.25, -0.2) is 0 Å². The molecule has 2 aromatic carbocycles. The Labute approximate surface area is 141 Å². The van der Waals surface area contributed by atoms with Crippen LogP contribution in [-0.2, 0) is 6.42 Å². The van der Waals surface area contributed by atoms with E-state index in [-0.39, 0.29) is 12.8 Å². The number of fused-ring (bicyclic) bond motifs is 2. The van der Waals surface area contributed by atoms with Crippen LogP contribution in [0.4, 0.5) is 0 Å². The second-order valence-electron chi connectivity index (χ2n) is 6.30. The van der Waals surface area contributed by atoms with E-state index in [0.717, 1.165) is 41.3 Å². The molecule has 0 spiro atoms. The Morgan fingerprint density at radius 2 is 1.88 bits per heavy atom. The Bertz CT molecular complexity index is 744. The normalized spacial score (nSPS) is 20.5. The van der Waals surface area contributed by atoms with E-state index in [1.807, 2.05) is 37.4 Å². The van der Waals surface area contributed by atoms with E-state index in [1.54, 1.807) is 7.11 Å². The molecule has 2 unspecified atom stereocenters. The number of aliphatic hydroxyl groups is 1. The third-order valence-corrected chi connectivity index (χ3v) is 4.92. The molecule has 4 rings (SSSR count). The number of hydrogen-bond donors (Lipinski definition) is 1. The van der Waals surface area contributed by atoms with Gasteiger partial charge in [0.2, 0.25) is 6.79 Å². The summed E-state index contributed by atoms with van der Waals surface area (Å²) in [6.45, 7) is 1.16. The molecule has 2 aliphatic rings. The molecule has 0 aliphatic carbocycles. The molecule has 126 valence electrons. The Hall–Kier alpha value is -2.24. The Morgan fingerprint density at radius 3 is 2.58 bits per heavy atom. The van der Waals surface area contributed by atoms with E-state index in [0.29, 0.717) is 0 Å². The van der Waals surface area contributed by atoms with Crippen molar-refractivity contribution >= 4 is 0 Å². The molecular formula is C19H21NO4. The zero-order valence-electron chi connectivity index (χ0n) is 13.9. The van der Waals surface area contributed by atoms with Gasteiger partial charge in [-0.3, -0.25) is 4.90 Å². The molecule has 5 nitrogen and oxygen atoms in total. The maximum Gasteiger partial charge on any atom is 0.231 e. The first-order chi connectivity index (χ1) is 11.7. The monoisotopic (exact) mass is 327 g/mol. The highest BCUT2D eigenvalue weighted by atomic mass is 16.7. The van der Waals surface area contributed by atoms with Crippen molar-refractivity contribution < 1.29 is 19.3 Å². The van der Waals surface area contributed by atoms with Gasteiger partial charge in [-0.1, -0.05) is 12.1 Å². The quantitative estimate of drug-likeness (QED) is 0.939. The van der Waals surface area contributed by atoms with Gasteiger partial charge >= 0.3 is 0 Å². The van der Waals surface area contributed by atoms with Gasteiger partial charge in [-0.05, 0) is 54.4 Å². The van der Waals surface area contributed by atoms with Gasteiger partial charge in [0.05, 0.1) is 19.3 Å². The average molecular weight is 327 g/mol. The average Bonchev–Trinajstić information content (AvgIpc) is 3.07. The van der Waals surface area contributed by atoms with Gasteiger partial charge in [0.25, 0.3) is 0 Å². The van der Waals surface area contributed by atoms with Gasteiger partial charge < -0.3 is 19.3 Å². The van der Waals surface area contributed by atoms with Gasteiger partial charge in [-0.15, -0.1) is 0 Å². The molecule has 0 bridgehead atoms. The molecule has 5 heteroatoms. The lowest BCUT2D eigenvalue weighted by atomic mass is 9.87. The fraction of sp³-hybridized carbons (Fsp3) is 0.368. The lowest BCUT2D eigenvalue weighted by Gasteiger charge is -2.37. The van der Waals surface area contributed by atoms with Crippen molar-refractivity contribution in [2.75, 3.05) is 27.5 Å². The van der Waals surface area contributed by atoms with Crippen molar-refractivity contribution in [2.24, 2.45) is 0 Å². The third kappa shape index (κ3) is 2.50. The van der Waals surface area contributed by atoms with Crippen LogP contribution in [0.5, 0.6) is 17.2 Å². The van der Waals surface area contributed by atoms with Crippen molar-refractivity contribution in [3.05, 3.63) is 53.1 Å². The van der Waals surface area contributed by atoms with E-state index in [4.69, 9.17) is 14.2 Å². The molecule has 1 N–H and O–H groups in total. The highest BCUT2D eigenvalue weighted by Gasteiger charge is 2.33. The summed E-state index contributed by atoms with van der Waals surface area (Å²) in [6, 6.07) is 11.5. The SMILES string of the molecule is COc1ccc(C(O)C2c3cc4c(cc3CCN2C)OCO4)cc1. The molecule has 24 heavy (non-hydrogen) atoms. The molecule has 2 aliphatic heterocycles. The van der Waals surface area contributed by atoms with Gasteiger partial charge in [-0.2, -0.15) is 0 Å². The number of hydrogen-bond acceptors (Lipinski definition) is 5. The van der Waals surface area contributed by atoms with Crippen LogP contribution in [0.25, 0.3) is 0 Å². The molecule has 2 heterocycles. The highest BCUT2D eigenvalue weighted by molar-refractivity contribution is 5.51. The second kappa shape index (κ2) is 6.00. The minimum Gasteiger partial charge on any atom is -0.497 e. The number of rotatable bonds is 3. The molecule has 0 saturated carbocycles. The summed E-state index contributed by atoms with van der Waals surface area (Å²) in [5.74, 6) is 2.35. The van der Waals surface area contributed by atoms with Crippen molar-refractivity contribution in [3.8, 4) is 17.2 Å². The van der Waals surface area contributed by atoms with E-state index in [1.165, 1.54) is 5.56 Å². The summed E-state index contributed by atoms with van der Waals surface area (Å²) in [4.78, 5) is 2.19. The third-order valence-electron chi connectivity index (χ3n) is 4.92. The van der Waals surface area contributed by atoms with E-state index < -0.39 is 6.10 Å². The van der Waals surface area contributed by atoms with Crippen molar-refractivity contribution in [1.29, 1.82) is 0 Å². The first-order valence-electron chi connectivity index (χ1n) is 8.12. The van der Waals surface area contributed by atoms with E-state index in [2.05, 4.69) is 11.0 Å². The number of aliphatic hydroxyl groups excluding tert-OH is 1. The first-order valence-corrected chi connectivity index (χ1v) is 8.12. The zero-order valence-corrected chi connectivity index (χ0v) is 13.9. The Morgan fingerprint density at radius 1 is 1.17 bits per heavy atom. The topological polar surface area (TPSA) is 51.2 Å². The molecule has 2 atom stereocenters. The van der Waals surface area contributed by atoms with Crippen LogP contribution < -0.4 is 14.2 Å². The number of ether oxygens (including phenoxy) is 3. The summed E-state index contributed by atoms with van der Waals surface area (Å²) in [7, 11) is 3.68. The lowest BCUT2D eigenvalue weighted by molar-refractivity contribution is 0.0559. The number of methoxy groups -OCH3 is 1. The van der Waals surface area contributed by atoms with Gasteiger partial charge in [0.1, 0.15) is 5.75 Å². The van der Waals surface area contributed by atoms with Crippen LogP contribution >= 0.6 is 0 Å². The second-order valence-corrected chi connectivity index (χ2v) is 6.30. The summed E-state index contributed by atoms with van der Waals surface area (Å²) in [5, 5.41) is 11.0. The van der Waals surface area contributed by atoms with Crippen LogP contribution in [0.1, 0.15) is 28.8 Å². The number of benzene rings is 2. The number of likely N-dealkylation sites (N-methyl/N-ethyl adjacent to an activating group) is 1. The molecule has 0 saturated heterocycles. The fourth-order valence-corrected chi connectivity index (χ4v) is 3.56. The van der Waals surface area contributed by atoms with Gasteiger partial charge in [0, 0.05) is 6.54 Å². The van der Waals surface area contributed by atoms with Crippen LogP contribution in [0.15, 0.2) is 36.4 Å². The predicted molar refractivity (Wildman–Crippen MR) is 89.6 cm³/mol.